The van der Waals surface area contributed by atoms with Gasteiger partial charge in [0.2, 0.25) is 0 Å². The number of rotatable bonds is 5. The van der Waals surface area contributed by atoms with E-state index in [0.29, 0.717) is 17.5 Å². The van der Waals surface area contributed by atoms with Crippen molar-refractivity contribution in [3.05, 3.63) is 200 Å². The van der Waals surface area contributed by atoms with Crippen molar-refractivity contribution in [1.29, 1.82) is 0 Å². The minimum Gasteiger partial charge on any atom is -0.309 e. The van der Waals surface area contributed by atoms with Gasteiger partial charge in [0, 0.05) is 43.9 Å². The summed E-state index contributed by atoms with van der Waals surface area (Å²) < 4.78 is 4.78. The van der Waals surface area contributed by atoms with Crippen LogP contribution in [-0.2, 0) is 0 Å². The summed E-state index contributed by atoms with van der Waals surface area (Å²) in [7, 11) is 0. The van der Waals surface area contributed by atoms with Gasteiger partial charge in [0.15, 0.2) is 17.5 Å². The van der Waals surface area contributed by atoms with E-state index in [0.717, 1.165) is 55.4 Å². The highest BCUT2D eigenvalue weighted by atomic mass is 15.1. The highest BCUT2D eigenvalue weighted by molar-refractivity contribution is 6.19. The van der Waals surface area contributed by atoms with Crippen LogP contribution >= 0.6 is 0 Å². The molecule has 270 valence electrons. The third-order valence-electron chi connectivity index (χ3n) is 11.5. The quantitative estimate of drug-likeness (QED) is 0.165. The maximum atomic E-state index is 5.38. The van der Waals surface area contributed by atoms with Gasteiger partial charge in [-0.15, -0.1) is 0 Å². The maximum Gasteiger partial charge on any atom is 0.166 e. The molecule has 0 atom stereocenters. The van der Waals surface area contributed by atoms with E-state index < -0.39 is 0 Å². The van der Waals surface area contributed by atoms with Crippen LogP contribution in [-0.4, -0.2) is 24.1 Å². The third-order valence-corrected chi connectivity index (χ3v) is 11.5. The van der Waals surface area contributed by atoms with Crippen molar-refractivity contribution in [1.82, 2.24) is 24.1 Å². The Morgan fingerprint density at radius 2 is 0.810 bits per heavy atom. The van der Waals surface area contributed by atoms with Crippen molar-refractivity contribution < 1.29 is 0 Å². The SMILES string of the molecule is c1ccc(-c2nc(-c3ccccc3-n3c4ccccc4c4cc5c6ccccc6n(-c6ccccc6)c5cc43)nc(-c3cc4ccccc4c4ccccc34)n2)cc1. The summed E-state index contributed by atoms with van der Waals surface area (Å²) in [6.07, 6.45) is 0. The van der Waals surface area contributed by atoms with Crippen molar-refractivity contribution in [3.8, 4) is 45.5 Å². The first-order chi connectivity index (χ1) is 28.8. The minimum atomic E-state index is 0.613. The van der Waals surface area contributed by atoms with Crippen LogP contribution in [0.5, 0.6) is 0 Å². The minimum absolute atomic E-state index is 0.613. The summed E-state index contributed by atoms with van der Waals surface area (Å²) in [5.41, 5.74) is 9.51. The molecular weight excluding hydrogens is 707 g/mol. The fourth-order valence-electron chi connectivity index (χ4n) is 8.98. The molecule has 5 heteroatoms. The van der Waals surface area contributed by atoms with E-state index in [4.69, 9.17) is 15.0 Å². The number of fused-ring (bicyclic) bond motifs is 9. The molecule has 0 saturated heterocycles. The number of aromatic nitrogens is 5. The second kappa shape index (κ2) is 12.8. The van der Waals surface area contributed by atoms with Crippen LogP contribution in [0.15, 0.2) is 200 Å². The lowest BCUT2D eigenvalue weighted by Crippen LogP contribution is -2.04. The summed E-state index contributed by atoms with van der Waals surface area (Å²) in [6.45, 7) is 0. The molecule has 0 fully saturated rings. The monoisotopic (exact) mass is 739 g/mol. The molecule has 9 aromatic carbocycles. The first-order valence-corrected chi connectivity index (χ1v) is 19.6. The van der Waals surface area contributed by atoms with Gasteiger partial charge in [0.1, 0.15) is 0 Å². The first-order valence-electron chi connectivity index (χ1n) is 19.6. The fraction of sp³-hybridized carbons (Fsp3) is 0. The first kappa shape index (κ1) is 32.4. The van der Waals surface area contributed by atoms with E-state index in [1.807, 2.05) is 18.2 Å². The second-order valence-electron chi connectivity index (χ2n) is 14.8. The number of nitrogens with zero attached hydrogens (tertiary/aromatic N) is 5. The predicted molar refractivity (Wildman–Crippen MR) is 240 cm³/mol. The van der Waals surface area contributed by atoms with E-state index >= 15 is 0 Å². The lowest BCUT2D eigenvalue weighted by molar-refractivity contribution is 1.07. The summed E-state index contributed by atoms with van der Waals surface area (Å²) >= 11 is 0. The molecule has 0 amide bonds. The van der Waals surface area contributed by atoms with Crippen molar-refractivity contribution in [2.75, 3.05) is 0 Å². The van der Waals surface area contributed by atoms with Crippen molar-refractivity contribution in [2.24, 2.45) is 0 Å². The van der Waals surface area contributed by atoms with Crippen LogP contribution < -0.4 is 0 Å². The average molecular weight is 740 g/mol. The van der Waals surface area contributed by atoms with Crippen LogP contribution in [0.2, 0.25) is 0 Å². The summed E-state index contributed by atoms with van der Waals surface area (Å²) in [6, 6.07) is 70.9. The lowest BCUT2D eigenvalue weighted by atomic mass is 9.97. The van der Waals surface area contributed by atoms with Gasteiger partial charge in [-0.3, -0.25) is 0 Å². The normalized spacial score (nSPS) is 11.8. The van der Waals surface area contributed by atoms with Crippen molar-refractivity contribution in [3.63, 3.8) is 0 Å². The summed E-state index contributed by atoms with van der Waals surface area (Å²) in [5, 5.41) is 9.45. The Morgan fingerprint density at radius 1 is 0.293 bits per heavy atom. The largest absolute Gasteiger partial charge is 0.309 e. The Labute approximate surface area is 333 Å². The molecule has 0 aliphatic heterocycles. The molecular formula is C53H33N5. The van der Waals surface area contributed by atoms with Gasteiger partial charge in [-0.2, -0.15) is 0 Å². The number of hydrogen-bond donors (Lipinski definition) is 0. The molecule has 3 aromatic heterocycles. The third kappa shape index (κ3) is 4.93. The Morgan fingerprint density at radius 3 is 1.55 bits per heavy atom. The zero-order valence-corrected chi connectivity index (χ0v) is 31.3. The van der Waals surface area contributed by atoms with Gasteiger partial charge in [-0.25, -0.2) is 15.0 Å². The van der Waals surface area contributed by atoms with E-state index in [9.17, 15) is 0 Å². The Bertz CT molecular complexity index is 3560. The lowest BCUT2D eigenvalue weighted by Gasteiger charge is -2.15. The van der Waals surface area contributed by atoms with E-state index in [-0.39, 0.29) is 0 Å². The second-order valence-corrected chi connectivity index (χ2v) is 14.8. The molecule has 5 nitrogen and oxygen atoms in total. The predicted octanol–water partition coefficient (Wildman–Crippen LogP) is 13.4. The molecule has 0 unspecified atom stereocenters. The van der Waals surface area contributed by atoms with Gasteiger partial charge in [0.25, 0.3) is 0 Å². The number of para-hydroxylation sites is 4. The molecule has 0 aliphatic carbocycles. The van der Waals surface area contributed by atoms with Gasteiger partial charge in [-0.1, -0.05) is 146 Å². The molecule has 0 aliphatic rings. The van der Waals surface area contributed by atoms with Gasteiger partial charge in [0.05, 0.1) is 27.8 Å². The molecule has 58 heavy (non-hydrogen) atoms. The average Bonchev–Trinajstić information content (AvgIpc) is 3.80. The van der Waals surface area contributed by atoms with Gasteiger partial charge in [-0.05, 0) is 76.1 Å². The highest BCUT2D eigenvalue weighted by Gasteiger charge is 2.22. The van der Waals surface area contributed by atoms with Crippen LogP contribution in [0.4, 0.5) is 0 Å². The Kier molecular flexibility index (Phi) is 7.16. The molecule has 0 bridgehead atoms. The van der Waals surface area contributed by atoms with Gasteiger partial charge >= 0.3 is 0 Å². The molecule has 0 N–H and O–H groups in total. The molecule has 0 spiro atoms. The summed E-state index contributed by atoms with van der Waals surface area (Å²) in [5.74, 6) is 1.88. The van der Waals surface area contributed by atoms with Crippen LogP contribution in [0.1, 0.15) is 0 Å². The molecule has 12 rings (SSSR count). The molecule has 0 saturated carbocycles. The van der Waals surface area contributed by atoms with E-state index in [2.05, 4.69) is 191 Å². The topological polar surface area (TPSA) is 48.5 Å². The zero-order valence-electron chi connectivity index (χ0n) is 31.3. The van der Waals surface area contributed by atoms with Crippen LogP contribution in [0.25, 0.3) is 111 Å². The van der Waals surface area contributed by atoms with Crippen LogP contribution in [0, 0.1) is 0 Å². The number of hydrogen-bond acceptors (Lipinski definition) is 3. The number of benzene rings is 9. The molecule has 3 heterocycles. The Balaban J connectivity index is 1.15. The molecule has 12 aromatic rings. The maximum absolute atomic E-state index is 5.38. The fourth-order valence-corrected chi connectivity index (χ4v) is 8.98. The van der Waals surface area contributed by atoms with Crippen LogP contribution in [0.3, 0.4) is 0 Å². The molecule has 0 radical (unpaired) electrons. The summed E-state index contributed by atoms with van der Waals surface area (Å²) in [4.78, 5) is 15.9. The van der Waals surface area contributed by atoms with Crippen molar-refractivity contribution >= 4 is 65.2 Å². The highest BCUT2D eigenvalue weighted by Crippen LogP contribution is 2.42. The zero-order chi connectivity index (χ0) is 38.2. The van der Waals surface area contributed by atoms with E-state index in [1.54, 1.807) is 0 Å². The smallest absolute Gasteiger partial charge is 0.166 e. The van der Waals surface area contributed by atoms with E-state index in [1.165, 1.54) is 37.8 Å². The van der Waals surface area contributed by atoms with Crippen molar-refractivity contribution in [2.45, 2.75) is 0 Å². The Hall–Kier alpha value is -7.89. The standard InChI is InChI=1S/C53H33N5/c1-3-17-34(18-4-1)51-54-52(56-53(55-51)45-31-35-19-7-8-22-37(35)38-23-9-10-24-39(38)45)42-27-13-16-30-48(42)58-47-29-15-12-26-41(47)44-32-43-40-25-11-14-28-46(40)57(49(43)33-50(44)58)36-20-5-2-6-21-36/h1-33H. The van der Waals surface area contributed by atoms with Gasteiger partial charge < -0.3 is 9.13 Å².